The zero-order valence-electron chi connectivity index (χ0n) is 15.1. The van der Waals surface area contributed by atoms with Crippen LogP contribution >= 0.6 is 0 Å². The van der Waals surface area contributed by atoms with Gasteiger partial charge in [0.1, 0.15) is 5.82 Å². The van der Waals surface area contributed by atoms with Crippen molar-refractivity contribution in [2.75, 3.05) is 53.4 Å². The molecule has 3 rings (SSSR count). The van der Waals surface area contributed by atoms with Crippen LogP contribution in [0.2, 0.25) is 0 Å². The molecule has 0 spiro atoms. The van der Waals surface area contributed by atoms with Crippen molar-refractivity contribution in [3.63, 3.8) is 0 Å². The number of carbonyl (C=O) groups excluding carboxylic acids is 1. The maximum Gasteiger partial charge on any atom is 0.226 e. The van der Waals surface area contributed by atoms with Crippen molar-refractivity contribution in [3.8, 4) is 0 Å². The Balaban J connectivity index is 1.45. The minimum Gasteiger partial charge on any atom is -0.390 e. The Morgan fingerprint density at radius 2 is 2.08 bits per heavy atom. The third-order valence-corrected chi connectivity index (χ3v) is 5.31. The summed E-state index contributed by atoms with van der Waals surface area (Å²) < 4.78 is 13.3. The summed E-state index contributed by atoms with van der Waals surface area (Å²) in [5, 5.41) is 10.3. The van der Waals surface area contributed by atoms with Gasteiger partial charge in [0.25, 0.3) is 0 Å². The van der Waals surface area contributed by atoms with E-state index in [4.69, 9.17) is 0 Å². The number of hydrogen-bond acceptors (Lipinski definition) is 4. The van der Waals surface area contributed by atoms with Crippen LogP contribution in [0.1, 0.15) is 17.9 Å². The Labute approximate surface area is 149 Å². The van der Waals surface area contributed by atoms with Crippen molar-refractivity contribution in [1.82, 2.24) is 14.7 Å². The molecule has 0 radical (unpaired) electrons. The van der Waals surface area contributed by atoms with E-state index in [0.717, 1.165) is 38.2 Å². The van der Waals surface area contributed by atoms with Gasteiger partial charge >= 0.3 is 0 Å². The normalized spacial score (nSPS) is 25.6. The van der Waals surface area contributed by atoms with E-state index in [0.29, 0.717) is 13.1 Å². The van der Waals surface area contributed by atoms with E-state index in [1.165, 1.54) is 12.1 Å². The fraction of sp³-hybridized carbons (Fsp3) is 0.632. The lowest BCUT2D eigenvalue weighted by molar-refractivity contribution is -0.132. The van der Waals surface area contributed by atoms with Crippen molar-refractivity contribution in [3.05, 3.63) is 35.6 Å². The Kier molecular flexibility index (Phi) is 5.71. The molecule has 6 heteroatoms. The molecule has 1 saturated carbocycles. The number of aliphatic hydroxyl groups is 1. The van der Waals surface area contributed by atoms with Crippen LogP contribution in [0, 0.1) is 11.7 Å². The van der Waals surface area contributed by atoms with Crippen LogP contribution in [-0.2, 0) is 4.79 Å². The van der Waals surface area contributed by atoms with Crippen molar-refractivity contribution < 1.29 is 14.3 Å². The van der Waals surface area contributed by atoms with Gasteiger partial charge in [-0.2, -0.15) is 0 Å². The quantitative estimate of drug-likeness (QED) is 0.832. The maximum absolute atomic E-state index is 13.3. The SMILES string of the molecule is CN1CCN(CC(O)CN(C)C(=O)C2CC2c2cccc(F)c2)CC1. The molecule has 0 bridgehead atoms. The van der Waals surface area contributed by atoms with Gasteiger partial charge in [0.15, 0.2) is 0 Å². The Bertz CT molecular complexity index is 604. The van der Waals surface area contributed by atoms with E-state index in [9.17, 15) is 14.3 Å². The van der Waals surface area contributed by atoms with Gasteiger partial charge in [-0.05, 0) is 37.1 Å². The molecule has 3 unspecified atom stereocenters. The average Bonchev–Trinajstić information content (AvgIpc) is 3.37. The third-order valence-electron chi connectivity index (χ3n) is 5.31. The van der Waals surface area contributed by atoms with Gasteiger partial charge in [0, 0.05) is 52.2 Å². The summed E-state index contributed by atoms with van der Waals surface area (Å²) in [6, 6.07) is 6.50. The number of likely N-dealkylation sites (N-methyl/N-ethyl adjacent to an activating group) is 2. The number of rotatable bonds is 6. The van der Waals surface area contributed by atoms with Crippen molar-refractivity contribution in [1.29, 1.82) is 0 Å². The lowest BCUT2D eigenvalue weighted by atomic mass is 10.1. The molecular formula is C19H28FN3O2. The number of benzene rings is 1. The number of nitrogens with zero attached hydrogens (tertiary/aromatic N) is 3. The molecular weight excluding hydrogens is 321 g/mol. The van der Waals surface area contributed by atoms with Gasteiger partial charge < -0.3 is 14.9 Å². The maximum atomic E-state index is 13.3. The molecule has 25 heavy (non-hydrogen) atoms. The smallest absolute Gasteiger partial charge is 0.226 e. The fourth-order valence-corrected chi connectivity index (χ4v) is 3.65. The fourth-order valence-electron chi connectivity index (χ4n) is 3.65. The number of piperazine rings is 1. The molecule has 3 atom stereocenters. The molecule has 0 aromatic heterocycles. The van der Waals surface area contributed by atoms with Crippen molar-refractivity contribution >= 4 is 5.91 Å². The molecule has 2 aliphatic rings. The predicted molar refractivity (Wildman–Crippen MR) is 94.8 cm³/mol. The highest BCUT2D eigenvalue weighted by atomic mass is 19.1. The molecule has 1 N–H and O–H groups in total. The second-order valence-corrected chi connectivity index (χ2v) is 7.48. The van der Waals surface area contributed by atoms with E-state index < -0.39 is 6.10 Å². The van der Waals surface area contributed by atoms with Gasteiger partial charge in [0.05, 0.1) is 6.10 Å². The summed E-state index contributed by atoms with van der Waals surface area (Å²) in [6.45, 7) is 4.88. The summed E-state index contributed by atoms with van der Waals surface area (Å²) in [5.74, 6) is -0.179. The van der Waals surface area contributed by atoms with Gasteiger partial charge in [0.2, 0.25) is 5.91 Å². The predicted octanol–water partition coefficient (Wildman–Crippen LogP) is 0.996. The van der Waals surface area contributed by atoms with Crippen LogP contribution in [0.15, 0.2) is 24.3 Å². The first-order valence-corrected chi connectivity index (χ1v) is 9.03. The number of hydrogen-bond donors (Lipinski definition) is 1. The third kappa shape index (κ3) is 4.77. The first-order chi connectivity index (χ1) is 11.9. The highest BCUT2D eigenvalue weighted by molar-refractivity contribution is 5.82. The second kappa shape index (κ2) is 7.81. The van der Waals surface area contributed by atoms with E-state index in [1.807, 2.05) is 6.07 Å². The summed E-state index contributed by atoms with van der Waals surface area (Å²) in [6.07, 6.45) is 0.227. The molecule has 138 valence electrons. The monoisotopic (exact) mass is 349 g/mol. The Morgan fingerprint density at radius 1 is 1.36 bits per heavy atom. The van der Waals surface area contributed by atoms with Crippen LogP contribution in [0.25, 0.3) is 0 Å². The van der Waals surface area contributed by atoms with Gasteiger partial charge in [-0.25, -0.2) is 4.39 Å². The average molecular weight is 349 g/mol. The van der Waals surface area contributed by atoms with Crippen molar-refractivity contribution in [2.24, 2.45) is 5.92 Å². The van der Waals surface area contributed by atoms with Crippen LogP contribution in [0.5, 0.6) is 0 Å². The Hall–Kier alpha value is -1.50. The summed E-state index contributed by atoms with van der Waals surface area (Å²) >= 11 is 0. The number of carbonyl (C=O) groups is 1. The van der Waals surface area contributed by atoms with E-state index >= 15 is 0 Å². The number of amides is 1. The zero-order chi connectivity index (χ0) is 18.0. The molecule has 1 aromatic carbocycles. The molecule has 1 saturated heterocycles. The number of β-amino-alcohol motifs (C(OH)–C–C–N with tert-alkyl or cyclic N) is 1. The molecule has 2 fully saturated rings. The lowest BCUT2D eigenvalue weighted by Crippen LogP contribution is -2.49. The van der Waals surface area contributed by atoms with Crippen LogP contribution < -0.4 is 0 Å². The standard InChI is InChI=1S/C19H28FN3O2/c1-21-6-8-23(9-7-21)13-16(24)12-22(2)19(25)18-11-17(18)14-4-3-5-15(20)10-14/h3-5,10,16-18,24H,6-9,11-13H2,1-2H3. The summed E-state index contributed by atoms with van der Waals surface area (Å²) in [7, 11) is 3.85. The highest BCUT2D eigenvalue weighted by Gasteiger charge is 2.45. The molecule has 1 aliphatic carbocycles. The van der Waals surface area contributed by atoms with E-state index in [2.05, 4.69) is 16.8 Å². The molecule has 1 amide bonds. The minimum atomic E-state index is -0.538. The topological polar surface area (TPSA) is 47.0 Å². The molecule has 1 heterocycles. The first-order valence-electron chi connectivity index (χ1n) is 9.03. The first kappa shape index (κ1) is 18.3. The van der Waals surface area contributed by atoms with Crippen LogP contribution in [0.4, 0.5) is 4.39 Å². The lowest BCUT2D eigenvalue weighted by Gasteiger charge is -2.34. The Morgan fingerprint density at radius 3 is 2.76 bits per heavy atom. The van der Waals surface area contributed by atoms with Gasteiger partial charge in [-0.15, -0.1) is 0 Å². The number of halogens is 1. The second-order valence-electron chi connectivity index (χ2n) is 7.48. The van der Waals surface area contributed by atoms with Crippen LogP contribution in [-0.4, -0.2) is 85.2 Å². The molecule has 1 aliphatic heterocycles. The minimum absolute atomic E-state index is 0.0479. The van der Waals surface area contributed by atoms with Crippen molar-refractivity contribution in [2.45, 2.75) is 18.4 Å². The van der Waals surface area contributed by atoms with Gasteiger partial charge in [-0.3, -0.25) is 9.69 Å². The summed E-state index contributed by atoms with van der Waals surface area (Å²) in [4.78, 5) is 18.7. The van der Waals surface area contributed by atoms with Gasteiger partial charge in [-0.1, -0.05) is 12.1 Å². The zero-order valence-corrected chi connectivity index (χ0v) is 15.1. The molecule has 5 nitrogen and oxygen atoms in total. The summed E-state index contributed by atoms with van der Waals surface area (Å²) in [5.41, 5.74) is 0.893. The van der Waals surface area contributed by atoms with Crippen LogP contribution in [0.3, 0.4) is 0 Å². The molecule has 1 aromatic rings. The highest BCUT2D eigenvalue weighted by Crippen LogP contribution is 2.48. The largest absolute Gasteiger partial charge is 0.390 e. The number of aliphatic hydroxyl groups excluding tert-OH is 1. The van der Waals surface area contributed by atoms with E-state index in [1.54, 1.807) is 18.0 Å². The van der Waals surface area contributed by atoms with E-state index in [-0.39, 0.29) is 23.6 Å².